The quantitative estimate of drug-likeness (QED) is 0.276. The Morgan fingerprint density at radius 2 is 2.03 bits per heavy atom. The molecule has 0 bridgehead atoms. The van der Waals surface area contributed by atoms with Crippen LogP contribution in [0.3, 0.4) is 0 Å². The lowest BCUT2D eigenvalue weighted by Gasteiger charge is -2.32. The van der Waals surface area contributed by atoms with Crippen molar-refractivity contribution in [3.63, 3.8) is 0 Å². The molecule has 0 amide bonds. The van der Waals surface area contributed by atoms with Gasteiger partial charge in [0.2, 0.25) is 0 Å². The summed E-state index contributed by atoms with van der Waals surface area (Å²) in [5, 5.41) is 8.04. The van der Waals surface area contributed by atoms with Crippen molar-refractivity contribution in [2.24, 2.45) is 5.73 Å². The molecule has 0 saturated carbocycles. The molecule has 1 saturated heterocycles. The first kappa shape index (κ1) is 22.6. The van der Waals surface area contributed by atoms with Crippen molar-refractivity contribution in [1.29, 1.82) is 0 Å². The Morgan fingerprint density at radius 3 is 2.77 bits per heavy atom. The Labute approximate surface area is 204 Å². The zero-order chi connectivity index (χ0) is 21.6. The Kier molecular flexibility index (Phi) is 7.85. The summed E-state index contributed by atoms with van der Waals surface area (Å²) >= 11 is 12.9. The van der Waals surface area contributed by atoms with E-state index in [-0.39, 0.29) is 0 Å². The van der Waals surface area contributed by atoms with Gasteiger partial charge in [-0.15, -0.1) is 22.7 Å². The van der Waals surface area contributed by atoms with Crippen LogP contribution in [0.25, 0.3) is 10.2 Å². The number of aromatic nitrogens is 1. The van der Waals surface area contributed by atoms with Crippen molar-refractivity contribution in [2.75, 3.05) is 23.3 Å². The average Bonchev–Trinajstić information content (AvgIpc) is 3.43. The summed E-state index contributed by atoms with van der Waals surface area (Å²) in [5.74, 6) is 0. The molecule has 1 aromatic carbocycles. The van der Waals surface area contributed by atoms with Gasteiger partial charge in [-0.3, -0.25) is 0 Å². The third kappa shape index (κ3) is 5.99. The van der Waals surface area contributed by atoms with E-state index in [1.165, 1.54) is 23.4 Å². The lowest BCUT2D eigenvalue weighted by Crippen LogP contribution is -2.42. The van der Waals surface area contributed by atoms with Crippen molar-refractivity contribution in [3.05, 3.63) is 73.8 Å². The van der Waals surface area contributed by atoms with Gasteiger partial charge >= 0.3 is 0 Å². The highest BCUT2D eigenvalue weighted by Crippen LogP contribution is 2.36. The molecule has 4 heterocycles. The fourth-order valence-electron chi connectivity index (χ4n) is 3.56. The van der Waals surface area contributed by atoms with Crippen LogP contribution < -0.4 is 16.0 Å². The highest BCUT2D eigenvalue weighted by Gasteiger charge is 2.16. The van der Waals surface area contributed by atoms with Crippen LogP contribution in [0.2, 0.25) is 5.15 Å². The van der Waals surface area contributed by atoms with Gasteiger partial charge in [0.1, 0.15) is 5.15 Å². The zero-order valence-corrected chi connectivity index (χ0v) is 20.9. The third-order valence-electron chi connectivity index (χ3n) is 5.06. The molecule has 31 heavy (non-hydrogen) atoms. The number of nitrogens with zero attached hydrogens (tertiary/aromatic N) is 2. The minimum absolute atomic E-state index is 0.356. The second kappa shape index (κ2) is 10.8. The summed E-state index contributed by atoms with van der Waals surface area (Å²) in [4.78, 5) is 8.00. The number of piperidine rings is 1. The van der Waals surface area contributed by atoms with E-state index in [0.717, 1.165) is 40.0 Å². The SMILES string of the molecule is Clc1cc(NCc2cccs2)c2scc(Br)c2n1.NC1CCCN(c2ccccc2)C1. The maximum absolute atomic E-state index is 6.05. The summed E-state index contributed by atoms with van der Waals surface area (Å²) in [6, 6.07) is 16.9. The highest BCUT2D eigenvalue weighted by atomic mass is 79.9. The van der Waals surface area contributed by atoms with Gasteiger partial charge in [-0.05, 0) is 52.4 Å². The molecule has 1 aliphatic rings. The summed E-state index contributed by atoms with van der Waals surface area (Å²) in [7, 11) is 0. The number of halogens is 2. The smallest absolute Gasteiger partial charge is 0.131 e. The molecular weight excluding hydrogens is 512 g/mol. The van der Waals surface area contributed by atoms with Crippen LogP contribution in [0, 0.1) is 0 Å². The number of hydrogen-bond acceptors (Lipinski definition) is 6. The standard InChI is InChI=1S/C12H8BrClN2S2.C11H16N2/c13-8-6-18-12-9(4-10(14)16-11(8)12)15-5-7-2-1-3-17-7;12-10-5-4-8-13(9-10)11-6-2-1-3-7-11/h1-4,6H,5H2,(H,15,16);1-3,6-7,10H,4-5,8-9,12H2. The van der Waals surface area contributed by atoms with Gasteiger partial charge in [0.25, 0.3) is 0 Å². The summed E-state index contributed by atoms with van der Waals surface area (Å²) in [6.45, 7) is 2.96. The van der Waals surface area contributed by atoms with E-state index < -0.39 is 0 Å². The van der Waals surface area contributed by atoms with E-state index in [1.807, 2.05) is 17.5 Å². The predicted molar refractivity (Wildman–Crippen MR) is 140 cm³/mol. The molecule has 1 aliphatic heterocycles. The van der Waals surface area contributed by atoms with Gasteiger partial charge in [-0.2, -0.15) is 0 Å². The van der Waals surface area contributed by atoms with Crippen molar-refractivity contribution >= 4 is 71.8 Å². The second-order valence-corrected chi connectivity index (χ2v) is 10.5. The van der Waals surface area contributed by atoms with E-state index >= 15 is 0 Å². The first-order chi connectivity index (χ1) is 15.1. The van der Waals surface area contributed by atoms with E-state index in [2.05, 4.69) is 72.9 Å². The lowest BCUT2D eigenvalue weighted by molar-refractivity contribution is 0.506. The number of anilines is 2. The van der Waals surface area contributed by atoms with Gasteiger partial charge in [0.15, 0.2) is 0 Å². The number of hydrogen-bond donors (Lipinski definition) is 2. The van der Waals surface area contributed by atoms with Gasteiger partial charge in [0, 0.05) is 47.7 Å². The van der Waals surface area contributed by atoms with E-state index in [4.69, 9.17) is 17.3 Å². The number of nitrogens with one attached hydrogen (secondary N) is 1. The topological polar surface area (TPSA) is 54.2 Å². The van der Waals surface area contributed by atoms with Crippen LogP contribution >= 0.6 is 50.2 Å². The van der Waals surface area contributed by atoms with E-state index in [9.17, 15) is 0 Å². The van der Waals surface area contributed by atoms with Crippen molar-refractivity contribution in [2.45, 2.75) is 25.4 Å². The van der Waals surface area contributed by atoms with Crippen molar-refractivity contribution in [1.82, 2.24) is 4.98 Å². The zero-order valence-electron chi connectivity index (χ0n) is 16.9. The fourth-order valence-corrected chi connectivity index (χ4v) is 5.95. The Morgan fingerprint density at radius 1 is 1.19 bits per heavy atom. The first-order valence-electron chi connectivity index (χ1n) is 10.1. The van der Waals surface area contributed by atoms with Gasteiger partial charge in [-0.25, -0.2) is 4.98 Å². The van der Waals surface area contributed by atoms with Crippen LogP contribution in [-0.4, -0.2) is 24.1 Å². The highest BCUT2D eigenvalue weighted by molar-refractivity contribution is 9.10. The molecule has 5 rings (SSSR count). The molecule has 4 aromatic rings. The van der Waals surface area contributed by atoms with Gasteiger partial charge in [0.05, 0.1) is 20.4 Å². The van der Waals surface area contributed by atoms with Crippen LogP contribution in [0.15, 0.2) is 63.8 Å². The average molecular weight is 536 g/mol. The van der Waals surface area contributed by atoms with Crippen LogP contribution in [-0.2, 0) is 6.54 Å². The second-order valence-electron chi connectivity index (χ2n) is 7.37. The molecule has 3 N–H and O–H groups in total. The maximum atomic E-state index is 6.05. The minimum atomic E-state index is 0.356. The molecule has 162 valence electrons. The molecule has 1 fully saturated rings. The lowest BCUT2D eigenvalue weighted by atomic mass is 10.1. The first-order valence-corrected chi connectivity index (χ1v) is 13.1. The fraction of sp³-hybridized carbons (Fsp3) is 0.261. The summed E-state index contributed by atoms with van der Waals surface area (Å²) in [6.07, 6.45) is 2.39. The Bertz CT molecular complexity index is 1100. The monoisotopic (exact) mass is 534 g/mol. The molecule has 1 unspecified atom stereocenters. The number of benzene rings is 1. The van der Waals surface area contributed by atoms with Crippen molar-refractivity contribution < 1.29 is 0 Å². The molecular formula is C23H24BrClN4S2. The molecule has 3 aromatic heterocycles. The molecule has 8 heteroatoms. The molecule has 1 atom stereocenters. The Hall–Kier alpha value is -1.64. The molecule has 4 nitrogen and oxygen atoms in total. The third-order valence-corrected chi connectivity index (χ3v) is 8.04. The Balaban J connectivity index is 0.000000158. The summed E-state index contributed by atoms with van der Waals surface area (Å²) < 4.78 is 2.12. The minimum Gasteiger partial charge on any atom is -0.379 e. The molecule has 0 spiro atoms. The van der Waals surface area contributed by atoms with E-state index in [1.54, 1.807) is 22.7 Å². The summed E-state index contributed by atoms with van der Waals surface area (Å²) in [5.41, 5.74) is 9.18. The number of nitrogens with two attached hydrogens (primary N) is 1. The van der Waals surface area contributed by atoms with Crippen LogP contribution in [0.4, 0.5) is 11.4 Å². The number of pyridine rings is 1. The van der Waals surface area contributed by atoms with Gasteiger partial charge < -0.3 is 16.0 Å². The predicted octanol–water partition coefficient (Wildman–Crippen LogP) is 7.00. The van der Waals surface area contributed by atoms with Crippen molar-refractivity contribution in [3.8, 4) is 0 Å². The number of para-hydroxylation sites is 1. The van der Waals surface area contributed by atoms with Gasteiger partial charge in [-0.1, -0.05) is 35.9 Å². The largest absolute Gasteiger partial charge is 0.379 e. The number of fused-ring (bicyclic) bond motifs is 1. The van der Waals surface area contributed by atoms with Crippen LogP contribution in [0.5, 0.6) is 0 Å². The normalized spacial score (nSPS) is 16.1. The molecule has 0 radical (unpaired) electrons. The van der Waals surface area contributed by atoms with E-state index in [0.29, 0.717) is 11.2 Å². The number of thiophene rings is 2. The van der Waals surface area contributed by atoms with Crippen LogP contribution in [0.1, 0.15) is 17.7 Å². The number of rotatable bonds is 4. The molecule has 0 aliphatic carbocycles. The maximum Gasteiger partial charge on any atom is 0.131 e.